The number of aromatic nitrogens is 3. The summed E-state index contributed by atoms with van der Waals surface area (Å²) in [4.78, 5) is 32.5. The average molecular weight is 397 g/mol. The van der Waals surface area contributed by atoms with Crippen LogP contribution in [0.3, 0.4) is 0 Å². The molecule has 3 heterocycles. The molecule has 0 radical (unpaired) electrons. The summed E-state index contributed by atoms with van der Waals surface area (Å²) in [5.41, 5.74) is 1.66. The Balaban J connectivity index is 1.66. The SMILES string of the molecule is Cc1cc2n(c1)S(=O)(=O)c1ccc(C(=O)NCc3cncnc3)cc1NC2=O. The van der Waals surface area contributed by atoms with Crippen LogP contribution in [0.25, 0.3) is 0 Å². The third kappa shape index (κ3) is 3.03. The Labute approximate surface area is 160 Å². The summed E-state index contributed by atoms with van der Waals surface area (Å²) in [6, 6.07) is 5.56. The topological polar surface area (TPSA) is 123 Å². The molecule has 1 aromatic carbocycles. The first-order chi connectivity index (χ1) is 13.4. The van der Waals surface area contributed by atoms with E-state index in [1.165, 1.54) is 36.8 Å². The second-order valence-electron chi connectivity index (χ2n) is 6.30. The van der Waals surface area contributed by atoms with E-state index < -0.39 is 21.8 Å². The van der Waals surface area contributed by atoms with Crippen molar-refractivity contribution < 1.29 is 18.0 Å². The monoisotopic (exact) mass is 397 g/mol. The van der Waals surface area contributed by atoms with Crippen molar-refractivity contribution in [2.75, 3.05) is 5.32 Å². The molecule has 0 atom stereocenters. The summed E-state index contributed by atoms with van der Waals surface area (Å²) in [6.45, 7) is 1.92. The van der Waals surface area contributed by atoms with E-state index in [9.17, 15) is 18.0 Å². The second-order valence-corrected chi connectivity index (χ2v) is 8.08. The van der Waals surface area contributed by atoms with Gasteiger partial charge in [0.25, 0.3) is 21.8 Å². The minimum absolute atomic E-state index is 0.0174. The van der Waals surface area contributed by atoms with Crippen LogP contribution in [0.15, 0.2) is 54.1 Å². The summed E-state index contributed by atoms with van der Waals surface area (Å²) >= 11 is 0. The van der Waals surface area contributed by atoms with E-state index in [-0.39, 0.29) is 28.4 Å². The molecule has 28 heavy (non-hydrogen) atoms. The molecule has 3 aromatic rings. The Morgan fingerprint density at radius 3 is 2.71 bits per heavy atom. The molecule has 0 fully saturated rings. The van der Waals surface area contributed by atoms with Gasteiger partial charge in [0, 0.05) is 36.3 Å². The fourth-order valence-electron chi connectivity index (χ4n) is 2.93. The number of carbonyl (C=O) groups excluding carboxylic acids is 2. The number of aryl methyl sites for hydroxylation is 1. The zero-order valence-electron chi connectivity index (χ0n) is 14.7. The first-order valence-electron chi connectivity index (χ1n) is 8.28. The molecule has 10 heteroatoms. The zero-order chi connectivity index (χ0) is 19.9. The van der Waals surface area contributed by atoms with Crippen LogP contribution in [0.1, 0.15) is 32.0 Å². The van der Waals surface area contributed by atoms with Gasteiger partial charge in [-0.25, -0.2) is 22.4 Å². The van der Waals surface area contributed by atoms with Gasteiger partial charge in [-0.05, 0) is 36.8 Å². The summed E-state index contributed by atoms with van der Waals surface area (Å²) in [7, 11) is -3.96. The predicted molar refractivity (Wildman–Crippen MR) is 99.4 cm³/mol. The molecule has 0 bridgehead atoms. The van der Waals surface area contributed by atoms with Gasteiger partial charge < -0.3 is 10.6 Å². The molecule has 0 aliphatic carbocycles. The van der Waals surface area contributed by atoms with Gasteiger partial charge in [0.2, 0.25) is 0 Å². The fourth-order valence-corrected chi connectivity index (χ4v) is 4.47. The first kappa shape index (κ1) is 17.9. The summed E-state index contributed by atoms with van der Waals surface area (Å²) in [5.74, 6) is -0.979. The molecule has 0 saturated heterocycles. The van der Waals surface area contributed by atoms with E-state index >= 15 is 0 Å². The summed E-state index contributed by atoms with van der Waals surface area (Å²) in [6.07, 6.45) is 5.93. The van der Waals surface area contributed by atoms with E-state index in [0.717, 1.165) is 9.54 Å². The van der Waals surface area contributed by atoms with Crippen molar-refractivity contribution in [2.24, 2.45) is 0 Å². The van der Waals surface area contributed by atoms with Crippen molar-refractivity contribution in [3.8, 4) is 0 Å². The van der Waals surface area contributed by atoms with Crippen LogP contribution in [-0.4, -0.2) is 34.2 Å². The van der Waals surface area contributed by atoms with Crippen molar-refractivity contribution in [1.29, 1.82) is 0 Å². The number of amides is 2. The molecular formula is C18H15N5O4S. The molecule has 1 aliphatic rings. The Morgan fingerprint density at radius 2 is 1.96 bits per heavy atom. The minimum atomic E-state index is -3.96. The van der Waals surface area contributed by atoms with Gasteiger partial charge >= 0.3 is 0 Å². The van der Waals surface area contributed by atoms with E-state index in [1.54, 1.807) is 19.3 Å². The molecule has 2 amide bonds. The van der Waals surface area contributed by atoms with Crippen molar-refractivity contribution in [1.82, 2.24) is 19.3 Å². The number of rotatable bonds is 3. The first-order valence-corrected chi connectivity index (χ1v) is 9.72. The highest BCUT2D eigenvalue weighted by atomic mass is 32.2. The van der Waals surface area contributed by atoms with Crippen molar-refractivity contribution >= 4 is 27.5 Å². The normalized spacial score (nSPS) is 14.4. The van der Waals surface area contributed by atoms with Gasteiger partial charge in [0.15, 0.2) is 0 Å². The molecular weight excluding hydrogens is 382 g/mol. The Hall–Kier alpha value is -3.53. The molecule has 9 nitrogen and oxygen atoms in total. The van der Waals surface area contributed by atoms with Crippen LogP contribution < -0.4 is 10.6 Å². The van der Waals surface area contributed by atoms with E-state index in [2.05, 4.69) is 20.6 Å². The van der Waals surface area contributed by atoms with Gasteiger partial charge in [0.05, 0.1) is 5.69 Å². The lowest BCUT2D eigenvalue weighted by Crippen LogP contribution is -2.23. The van der Waals surface area contributed by atoms with Gasteiger partial charge in [-0.1, -0.05) is 0 Å². The van der Waals surface area contributed by atoms with Crippen molar-refractivity contribution in [2.45, 2.75) is 18.4 Å². The number of fused-ring (bicyclic) bond motifs is 2. The van der Waals surface area contributed by atoms with Crippen molar-refractivity contribution in [3.05, 3.63) is 71.6 Å². The number of hydrogen-bond acceptors (Lipinski definition) is 6. The molecule has 2 aromatic heterocycles. The highest BCUT2D eigenvalue weighted by molar-refractivity contribution is 7.90. The fraction of sp³-hybridized carbons (Fsp3) is 0.111. The molecule has 1 aliphatic heterocycles. The maximum absolute atomic E-state index is 12.9. The smallest absolute Gasteiger partial charge is 0.273 e. The van der Waals surface area contributed by atoms with Gasteiger partial charge in [0.1, 0.15) is 16.9 Å². The molecule has 2 N–H and O–H groups in total. The average Bonchev–Trinajstić information content (AvgIpc) is 3.06. The lowest BCUT2D eigenvalue weighted by atomic mass is 10.1. The maximum Gasteiger partial charge on any atom is 0.273 e. The van der Waals surface area contributed by atoms with Crippen LogP contribution in [0.2, 0.25) is 0 Å². The highest BCUT2D eigenvalue weighted by Crippen LogP contribution is 2.30. The Morgan fingerprint density at radius 1 is 1.21 bits per heavy atom. The number of nitrogens with zero attached hydrogens (tertiary/aromatic N) is 3. The number of hydrogen-bond donors (Lipinski definition) is 2. The maximum atomic E-state index is 12.9. The number of carbonyl (C=O) groups is 2. The molecule has 0 unspecified atom stereocenters. The Bertz CT molecular complexity index is 1200. The third-order valence-electron chi connectivity index (χ3n) is 4.25. The second kappa shape index (κ2) is 6.57. The van der Waals surface area contributed by atoms with Crippen LogP contribution in [-0.2, 0) is 16.6 Å². The van der Waals surface area contributed by atoms with Crippen molar-refractivity contribution in [3.63, 3.8) is 0 Å². The van der Waals surface area contributed by atoms with Gasteiger partial charge in [-0.15, -0.1) is 0 Å². The molecule has 0 spiro atoms. The van der Waals surface area contributed by atoms with Gasteiger partial charge in [-0.3, -0.25) is 9.59 Å². The van der Waals surface area contributed by atoms with Crippen LogP contribution in [0, 0.1) is 6.92 Å². The Kier molecular flexibility index (Phi) is 4.19. The molecule has 4 rings (SSSR count). The minimum Gasteiger partial charge on any atom is -0.348 e. The lowest BCUT2D eigenvalue weighted by Gasteiger charge is -2.10. The third-order valence-corrected chi connectivity index (χ3v) is 5.98. The largest absolute Gasteiger partial charge is 0.348 e. The van der Waals surface area contributed by atoms with E-state index in [0.29, 0.717) is 5.56 Å². The standard InChI is InChI=1S/C18H15N5O4S/c1-11-4-15-18(25)22-14-5-13(2-3-16(14)28(26,27)23(15)9-11)17(24)21-8-12-6-19-10-20-7-12/h2-7,9-10H,8H2,1H3,(H,21,24)(H,22,25). The zero-order valence-corrected chi connectivity index (χ0v) is 15.5. The lowest BCUT2D eigenvalue weighted by molar-refractivity contribution is 0.0949. The van der Waals surface area contributed by atoms with Crippen LogP contribution in [0.4, 0.5) is 5.69 Å². The van der Waals surface area contributed by atoms with E-state index in [1.807, 2.05) is 0 Å². The molecule has 0 saturated carbocycles. The number of anilines is 1. The van der Waals surface area contributed by atoms with E-state index in [4.69, 9.17) is 0 Å². The van der Waals surface area contributed by atoms with Crippen LogP contribution >= 0.6 is 0 Å². The number of benzene rings is 1. The molecule has 142 valence electrons. The quantitative estimate of drug-likeness (QED) is 0.687. The number of nitrogens with one attached hydrogen (secondary N) is 2. The van der Waals surface area contributed by atoms with Gasteiger partial charge in [-0.2, -0.15) is 0 Å². The van der Waals surface area contributed by atoms with Crippen LogP contribution in [0.5, 0.6) is 0 Å². The summed E-state index contributed by atoms with van der Waals surface area (Å²) in [5, 5.41) is 5.28. The highest BCUT2D eigenvalue weighted by Gasteiger charge is 2.31. The predicted octanol–water partition coefficient (Wildman–Crippen LogP) is 1.32. The summed E-state index contributed by atoms with van der Waals surface area (Å²) < 4.78 is 26.8.